The highest BCUT2D eigenvalue weighted by molar-refractivity contribution is 6.06. The number of nitrogens with one attached hydrogen (secondary N) is 1. The van der Waals surface area contributed by atoms with E-state index < -0.39 is 5.91 Å². The molecule has 2 aromatic rings. The third-order valence-electron chi connectivity index (χ3n) is 4.30. The Balaban J connectivity index is 1.67. The van der Waals surface area contributed by atoms with Crippen molar-refractivity contribution in [1.82, 2.24) is 4.98 Å². The van der Waals surface area contributed by atoms with Crippen LogP contribution in [0.15, 0.2) is 42.6 Å². The van der Waals surface area contributed by atoms with Gasteiger partial charge in [-0.3, -0.25) is 9.59 Å². The normalized spacial score (nSPS) is 17.1. The number of aromatic hydroxyl groups is 1. The van der Waals surface area contributed by atoms with Crippen LogP contribution < -0.4 is 16.0 Å². The number of piperidine rings is 1. The maximum atomic E-state index is 12.2. The third-order valence-corrected chi connectivity index (χ3v) is 4.30. The molecule has 7 nitrogen and oxygen atoms in total. The number of hydrogen-bond donors (Lipinski definition) is 3. The van der Waals surface area contributed by atoms with E-state index in [1.54, 1.807) is 36.5 Å². The highest BCUT2D eigenvalue weighted by Crippen LogP contribution is 2.23. The van der Waals surface area contributed by atoms with Crippen molar-refractivity contribution < 1.29 is 14.7 Å². The molecular weight excluding hydrogens is 320 g/mol. The van der Waals surface area contributed by atoms with Gasteiger partial charge in [-0.15, -0.1) is 0 Å². The summed E-state index contributed by atoms with van der Waals surface area (Å²) >= 11 is 0. The fraction of sp³-hybridized carbons (Fsp3) is 0.278. The number of para-hydroxylation sites is 1. The summed E-state index contributed by atoms with van der Waals surface area (Å²) in [4.78, 5) is 29.9. The van der Waals surface area contributed by atoms with Crippen molar-refractivity contribution in [1.29, 1.82) is 0 Å². The predicted octanol–water partition coefficient (Wildman–Crippen LogP) is 1.74. The van der Waals surface area contributed by atoms with Gasteiger partial charge in [-0.05, 0) is 37.1 Å². The number of nitrogens with two attached hydrogens (primary N) is 1. The molecule has 0 saturated carbocycles. The maximum absolute atomic E-state index is 12.2. The van der Waals surface area contributed by atoms with Gasteiger partial charge in [-0.25, -0.2) is 4.98 Å². The molecule has 0 radical (unpaired) electrons. The summed E-state index contributed by atoms with van der Waals surface area (Å²) in [5, 5.41) is 12.4. The van der Waals surface area contributed by atoms with E-state index in [-0.39, 0.29) is 23.1 Å². The zero-order valence-electron chi connectivity index (χ0n) is 13.7. The van der Waals surface area contributed by atoms with Gasteiger partial charge in [0.05, 0.1) is 23.4 Å². The molecular formula is C18H20N4O3. The molecule has 2 heterocycles. The number of phenolic OH excluding ortho intramolecular Hbond substituents is 1. The number of hydrogen-bond acceptors (Lipinski definition) is 5. The molecule has 130 valence electrons. The number of benzene rings is 1. The first-order valence-electron chi connectivity index (χ1n) is 8.14. The van der Waals surface area contributed by atoms with Crippen LogP contribution in [0.25, 0.3) is 0 Å². The van der Waals surface area contributed by atoms with E-state index in [0.29, 0.717) is 12.2 Å². The van der Waals surface area contributed by atoms with Gasteiger partial charge in [0.15, 0.2) is 0 Å². The van der Waals surface area contributed by atoms with Crippen molar-refractivity contribution in [3.8, 4) is 5.75 Å². The van der Waals surface area contributed by atoms with Gasteiger partial charge in [-0.1, -0.05) is 12.1 Å². The quantitative estimate of drug-likeness (QED) is 0.785. The Labute approximate surface area is 145 Å². The molecule has 1 fully saturated rings. The number of rotatable bonds is 4. The molecule has 3 rings (SSSR count). The smallest absolute Gasteiger partial charge is 0.259 e. The number of primary amides is 1. The van der Waals surface area contributed by atoms with Crippen LogP contribution in [0.5, 0.6) is 5.75 Å². The largest absolute Gasteiger partial charge is 0.507 e. The molecule has 1 aromatic carbocycles. The Morgan fingerprint density at radius 3 is 2.72 bits per heavy atom. The van der Waals surface area contributed by atoms with E-state index in [9.17, 15) is 14.7 Å². The summed E-state index contributed by atoms with van der Waals surface area (Å²) in [7, 11) is 0. The Hall–Kier alpha value is -3.09. The lowest BCUT2D eigenvalue weighted by Gasteiger charge is -2.32. The molecule has 0 bridgehead atoms. The summed E-state index contributed by atoms with van der Waals surface area (Å²) in [6.07, 6.45) is 3.25. The molecule has 0 aliphatic carbocycles. The van der Waals surface area contributed by atoms with Crippen molar-refractivity contribution in [3.05, 3.63) is 48.2 Å². The molecule has 4 N–H and O–H groups in total. The molecule has 2 amide bonds. The van der Waals surface area contributed by atoms with Crippen LogP contribution in [0.3, 0.4) is 0 Å². The number of anilines is 2. The van der Waals surface area contributed by atoms with Crippen LogP contribution >= 0.6 is 0 Å². The lowest BCUT2D eigenvalue weighted by molar-refractivity contribution is -0.122. The summed E-state index contributed by atoms with van der Waals surface area (Å²) in [5.74, 6) is -0.173. The fourth-order valence-corrected chi connectivity index (χ4v) is 2.93. The lowest BCUT2D eigenvalue weighted by Crippen LogP contribution is -2.41. The number of aromatic nitrogens is 1. The molecule has 1 aromatic heterocycles. The van der Waals surface area contributed by atoms with Gasteiger partial charge in [0, 0.05) is 13.1 Å². The molecule has 1 aliphatic heterocycles. The first-order chi connectivity index (χ1) is 12.0. The van der Waals surface area contributed by atoms with E-state index >= 15 is 0 Å². The van der Waals surface area contributed by atoms with Crippen molar-refractivity contribution in [2.24, 2.45) is 11.7 Å². The summed E-state index contributed by atoms with van der Waals surface area (Å²) in [5.41, 5.74) is 6.13. The zero-order chi connectivity index (χ0) is 17.8. The molecule has 1 saturated heterocycles. The minimum absolute atomic E-state index is 0.0737. The topological polar surface area (TPSA) is 109 Å². The predicted molar refractivity (Wildman–Crippen MR) is 94.4 cm³/mol. The monoisotopic (exact) mass is 340 g/mol. The average molecular weight is 340 g/mol. The second-order valence-corrected chi connectivity index (χ2v) is 6.06. The summed E-state index contributed by atoms with van der Waals surface area (Å²) in [6.45, 7) is 1.38. The van der Waals surface area contributed by atoms with Gasteiger partial charge in [0.1, 0.15) is 11.6 Å². The van der Waals surface area contributed by atoms with E-state index in [0.717, 1.165) is 25.2 Å². The third kappa shape index (κ3) is 3.88. The first-order valence-corrected chi connectivity index (χ1v) is 8.14. The zero-order valence-corrected chi connectivity index (χ0v) is 13.7. The van der Waals surface area contributed by atoms with Crippen LogP contribution in [0, 0.1) is 5.92 Å². The average Bonchev–Trinajstić information content (AvgIpc) is 2.62. The van der Waals surface area contributed by atoms with Crippen LogP contribution in [0.4, 0.5) is 11.5 Å². The minimum atomic E-state index is -0.403. The molecule has 1 atom stereocenters. The van der Waals surface area contributed by atoms with E-state index in [4.69, 9.17) is 5.73 Å². The molecule has 25 heavy (non-hydrogen) atoms. The Morgan fingerprint density at radius 2 is 2.04 bits per heavy atom. The molecule has 0 unspecified atom stereocenters. The lowest BCUT2D eigenvalue weighted by atomic mass is 9.97. The highest BCUT2D eigenvalue weighted by atomic mass is 16.3. The van der Waals surface area contributed by atoms with Crippen molar-refractivity contribution >= 4 is 23.3 Å². The minimum Gasteiger partial charge on any atom is -0.507 e. The summed E-state index contributed by atoms with van der Waals surface area (Å²) < 4.78 is 0. The Morgan fingerprint density at radius 1 is 1.24 bits per heavy atom. The van der Waals surface area contributed by atoms with Crippen molar-refractivity contribution in [2.45, 2.75) is 12.8 Å². The van der Waals surface area contributed by atoms with Crippen LogP contribution in [0.2, 0.25) is 0 Å². The molecule has 7 heteroatoms. The van der Waals surface area contributed by atoms with Gasteiger partial charge in [-0.2, -0.15) is 0 Å². The molecule has 0 spiro atoms. The SMILES string of the molecule is NC(=O)[C@@H]1CCCN(c2ccc(NC(=O)c3ccccc3O)cn2)C1. The van der Waals surface area contributed by atoms with Crippen LogP contribution in [-0.4, -0.2) is 35.0 Å². The first kappa shape index (κ1) is 16.8. The van der Waals surface area contributed by atoms with Crippen LogP contribution in [-0.2, 0) is 4.79 Å². The van der Waals surface area contributed by atoms with Gasteiger partial charge in [0.25, 0.3) is 5.91 Å². The van der Waals surface area contributed by atoms with Crippen LogP contribution in [0.1, 0.15) is 23.2 Å². The Bertz CT molecular complexity index is 776. The fourth-order valence-electron chi connectivity index (χ4n) is 2.93. The van der Waals surface area contributed by atoms with Gasteiger partial charge < -0.3 is 21.1 Å². The number of carbonyl (C=O) groups excluding carboxylic acids is 2. The second-order valence-electron chi connectivity index (χ2n) is 6.06. The summed E-state index contributed by atoms with van der Waals surface area (Å²) in [6, 6.07) is 9.88. The standard InChI is InChI=1S/C18H20N4O3/c19-17(24)12-4-3-9-22(11-12)16-8-7-13(10-20-16)21-18(25)14-5-1-2-6-15(14)23/h1-2,5-8,10,12,23H,3-4,9,11H2,(H2,19,24)(H,21,25)/t12-/m1/s1. The number of amides is 2. The van der Waals surface area contributed by atoms with Gasteiger partial charge >= 0.3 is 0 Å². The Kier molecular flexibility index (Phi) is 4.83. The van der Waals surface area contributed by atoms with Crippen molar-refractivity contribution in [2.75, 3.05) is 23.3 Å². The second kappa shape index (κ2) is 7.21. The van der Waals surface area contributed by atoms with E-state index in [1.165, 1.54) is 6.07 Å². The molecule has 1 aliphatic rings. The maximum Gasteiger partial charge on any atom is 0.259 e. The van der Waals surface area contributed by atoms with Crippen molar-refractivity contribution in [3.63, 3.8) is 0 Å². The van der Waals surface area contributed by atoms with Gasteiger partial charge in [0.2, 0.25) is 5.91 Å². The highest BCUT2D eigenvalue weighted by Gasteiger charge is 2.24. The number of nitrogens with zero attached hydrogens (tertiary/aromatic N) is 2. The number of carbonyl (C=O) groups is 2. The number of pyridine rings is 1. The van der Waals surface area contributed by atoms with E-state index in [1.807, 2.05) is 4.90 Å². The van der Waals surface area contributed by atoms with E-state index in [2.05, 4.69) is 10.3 Å². The number of phenols is 1.